The lowest BCUT2D eigenvalue weighted by atomic mass is 10.00. The Bertz CT molecular complexity index is 10100. The van der Waals surface area contributed by atoms with Crippen molar-refractivity contribution in [3.8, 4) is 46.0 Å². The van der Waals surface area contributed by atoms with E-state index in [1.807, 2.05) is 107 Å². The third kappa shape index (κ3) is 10.6. The standard InChI is InChI=1S/C41H22N4OS.C39H22N4S.C34H20N4S/c1-2-12-24-23(11-1)35-27-15-5-8-21-33(27)47-40(35)39-36(24)38-30(18-10-22-42-38)45(39)41-43-29-17-6-3-13-25(29)37(44-41)28-16-9-20-32-34(28)26-14-4-7-19-31(26)46-32;1-2-12-24(13-3-1)34-29-21-20-23-11-4-5-14-25(23)35(29)42-39(41-34)43-30-18-10-22-40-36(30)33-27-16-7-6-15-26(27)32-28-17-8-9-19-31(28)44-38(32)37(33)43;1-2-11-21(12-3-1)37-26-17-8-7-16-25(26)36-34(37)38-27-18-10-20-35-31(27)30-23-14-5-4-13-22(23)29-24-15-6-9-19-28(24)39-33(29)32(30)38/h1-22H;1-22H;1-20H. The van der Waals surface area contributed by atoms with Gasteiger partial charge in [0.05, 0.1) is 97.2 Å². The predicted molar refractivity (Wildman–Crippen MR) is 543 cm³/mol. The minimum absolute atomic E-state index is 0.616. The number of fused-ring (bicyclic) bond motifs is 38. The molecular formula is C114H64N12OS3. The van der Waals surface area contributed by atoms with E-state index in [0.717, 1.165) is 160 Å². The summed E-state index contributed by atoms with van der Waals surface area (Å²) in [6.07, 6.45) is 5.67. The summed E-state index contributed by atoms with van der Waals surface area (Å²) < 4.78 is 22.9. The van der Waals surface area contributed by atoms with Crippen LogP contribution in [-0.4, -0.2) is 58.1 Å². The number of benzene rings is 17. The fraction of sp³-hybridized carbons (Fsp3) is 0. The van der Waals surface area contributed by atoms with Gasteiger partial charge in [0.1, 0.15) is 11.2 Å². The van der Waals surface area contributed by atoms with E-state index < -0.39 is 0 Å². The highest BCUT2D eigenvalue weighted by atomic mass is 32.1. The molecule has 0 aliphatic rings. The molecule has 0 spiro atoms. The number of furan rings is 1. The average Bonchev–Trinajstić information content (AvgIpc) is 1.54. The van der Waals surface area contributed by atoms with Gasteiger partial charge in [-0.3, -0.25) is 33.2 Å². The second kappa shape index (κ2) is 28.4. The lowest BCUT2D eigenvalue weighted by molar-refractivity contribution is 0.669. The zero-order valence-electron chi connectivity index (χ0n) is 68.9. The number of hydrogen-bond donors (Lipinski definition) is 0. The highest BCUT2D eigenvalue weighted by molar-refractivity contribution is 7.28. The summed E-state index contributed by atoms with van der Waals surface area (Å²) in [4.78, 5) is 41.8. The fourth-order valence-corrected chi connectivity index (χ4v) is 24.5. The molecule has 17 aromatic carbocycles. The summed E-state index contributed by atoms with van der Waals surface area (Å²) in [6, 6.07) is 130. The molecule has 13 heterocycles. The largest absolute Gasteiger partial charge is 0.456 e. The number of thiophene rings is 3. The van der Waals surface area contributed by atoms with Gasteiger partial charge in [-0.25, -0.2) is 24.9 Å². The monoisotopic (exact) mass is 1710 g/mol. The first-order valence-electron chi connectivity index (χ1n) is 43.4. The Morgan fingerprint density at radius 3 is 1.21 bits per heavy atom. The van der Waals surface area contributed by atoms with Gasteiger partial charge in [0.15, 0.2) is 0 Å². The number of pyridine rings is 3. The third-order valence-electron chi connectivity index (χ3n) is 26.0. The average molecular weight is 1710 g/mol. The molecule has 0 aliphatic heterocycles. The first-order chi connectivity index (χ1) is 64.6. The molecule has 0 saturated carbocycles. The molecule has 0 radical (unpaired) electrons. The Kier molecular flexibility index (Phi) is 15.8. The van der Waals surface area contributed by atoms with E-state index >= 15 is 0 Å². The van der Waals surface area contributed by atoms with Gasteiger partial charge in [0.25, 0.3) is 0 Å². The molecule has 0 unspecified atom stereocenters. The molecule has 0 N–H and O–H groups in total. The van der Waals surface area contributed by atoms with Gasteiger partial charge in [0.2, 0.25) is 17.8 Å². The second-order valence-corrected chi connectivity index (χ2v) is 36.1. The maximum Gasteiger partial charge on any atom is 0.235 e. The third-order valence-corrected chi connectivity index (χ3v) is 29.6. The van der Waals surface area contributed by atoms with Gasteiger partial charge in [-0.15, -0.1) is 34.0 Å². The van der Waals surface area contributed by atoms with E-state index in [2.05, 4.69) is 334 Å². The minimum atomic E-state index is 0.616. The van der Waals surface area contributed by atoms with Crippen LogP contribution < -0.4 is 0 Å². The number of para-hydroxylation sites is 5. The molecule has 16 heteroatoms. The summed E-state index contributed by atoms with van der Waals surface area (Å²) in [5.74, 6) is 2.13. The van der Waals surface area contributed by atoms with Crippen molar-refractivity contribution in [3.63, 3.8) is 0 Å². The fourth-order valence-electron chi connectivity index (χ4n) is 20.7. The van der Waals surface area contributed by atoms with Crippen molar-refractivity contribution in [2.75, 3.05) is 0 Å². The SMILES string of the molecule is c1ccc(-c2nc(-n3c4cccnc4c4c5ccccc5c5c6ccccc6sc5c43)nc3c2ccc2ccccc23)cc1.c1ccc(-n2c(-n3c4cccnc4c4c5ccccc5c5c6ccccc6sc5c43)nc3ccccc32)cc1.c1ccc2c(-c3cccc4oc5ccccc5c34)nc(-n3c4cccnc4c4c5ccccc5c5c6ccccc6sc5c43)nc2c1. The smallest absolute Gasteiger partial charge is 0.235 e. The van der Waals surface area contributed by atoms with Crippen molar-refractivity contribution in [2.45, 2.75) is 0 Å². The van der Waals surface area contributed by atoms with Crippen molar-refractivity contribution in [3.05, 3.63) is 389 Å². The molecule has 13 nitrogen and oxygen atoms in total. The van der Waals surface area contributed by atoms with Crippen molar-refractivity contribution < 1.29 is 4.42 Å². The molecule has 0 saturated heterocycles. The Morgan fingerprint density at radius 1 is 0.231 bits per heavy atom. The molecule has 0 fully saturated rings. The summed E-state index contributed by atoms with van der Waals surface area (Å²) in [7, 11) is 0. The Hall–Kier alpha value is -16.8. The van der Waals surface area contributed by atoms with Crippen molar-refractivity contribution in [1.29, 1.82) is 0 Å². The molecule has 604 valence electrons. The highest BCUT2D eigenvalue weighted by Gasteiger charge is 2.31. The summed E-state index contributed by atoms with van der Waals surface area (Å²) >= 11 is 5.51. The number of nitrogens with zero attached hydrogens (tertiary/aromatic N) is 12. The summed E-state index contributed by atoms with van der Waals surface area (Å²) in [6.45, 7) is 0. The molecular weight excluding hydrogens is 1650 g/mol. The molecule has 130 heavy (non-hydrogen) atoms. The van der Waals surface area contributed by atoms with Gasteiger partial charge >= 0.3 is 0 Å². The van der Waals surface area contributed by atoms with Crippen LogP contribution >= 0.6 is 34.0 Å². The lowest BCUT2D eigenvalue weighted by Gasteiger charge is -2.13. The van der Waals surface area contributed by atoms with Gasteiger partial charge in [-0.05, 0) is 141 Å². The Labute approximate surface area is 749 Å². The first kappa shape index (κ1) is 72.5. The van der Waals surface area contributed by atoms with Crippen LogP contribution in [0, 0.1) is 0 Å². The summed E-state index contributed by atoms with van der Waals surface area (Å²) in [5.41, 5.74) is 19.8. The maximum absolute atomic E-state index is 6.31. The van der Waals surface area contributed by atoms with Crippen molar-refractivity contribution in [2.24, 2.45) is 0 Å². The second-order valence-electron chi connectivity index (χ2n) is 33.0. The van der Waals surface area contributed by atoms with Crippen LogP contribution in [0.2, 0.25) is 0 Å². The van der Waals surface area contributed by atoms with Crippen LogP contribution in [0.25, 0.3) is 270 Å². The molecule has 30 rings (SSSR count). The molecule has 13 aromatic heterocycles. The van der Waals surface area contributed by atoms with E-state index in [1.54, 1.807) is 0 Å². The van der Waals surface area contributed by atoms with Crippen LogP contribution in [-0.2, 0) is 0 Å². The lowest BCUT2D eigenvalue weighted by Crippen LogP contribution is -2.05. The van der Waals surface area contributed by atoms with Crippen LogP contribution in [0.3, 0.4) is 0 Å². The van der Waals surface area contributed by atoms with Gasteiger partial charge < -0.3 is 4.42 Å². The van der Waals surface area contributed by atoms with E-state index in [0.29, 0.717) is 11.9 Å². The maximum atomic E-state index is 6.31. The summed E-state index contributed by atoms with van der Waals surface area (Å²) in [5, 5.41) is 24.8. The van der Waals surface area contributed by atoms with Crippen LogP contribution in [0.4, 0.5) is 0 Å². The normalized spacial score (nSPS) is 12.2. The number of hydrogen-bond acceptors (Lipinski definition) is 12. The van der Waals surface area contributed by atoms with Gasteiger partial charge in [-0.1, -0.05) is 267 Å². The molecule has 30 aromatic rings. The Balaban J connectivity index is 0.0000000985. The zero-order valence-corrected chi connectivity index (χ0v) is 71.4. The Morgan fingerprint density at radius 2 is 0.646 bits per heavy atom. The molecule has 0 amide bonds. The topological polar surface area (TPSA) is 136 Å². The van der Waals surface area contributed by atoms with E-state index in [-0.39, 0.29) is 0 Å². The van der Waals surface area contributed by atoms with E-state index in [1.165, 1.54) is 98.2 Å². The number of aromatic nitrogens is 12. The zero-order chi connectivity index (χ0) is 84.9. The molecule has 0 aliphatic carbocycles. The number of rotatable bonds is 6. The predicted octanol–water partition coefficient (Wildman–Crippen LogP) is 30.7. The van der Waals surface area contributed by atoms with Gasteiger partial charge in [0, 0.05) is 125 Å². The van der Waals surface area contributed by atoms with Crippen molar-refractivity contribution in [1.82, 2.24) is 58.1 Å². The molecule has 0 bridgehead atoms. The molecule has 0 atom stereocenters. The minimum Gasteiger partial charge on any atom is -0.456 e. The number of imidazole rings is 1. The first-order valence-corrected chi connectivity index (χ1v) is 45.8. The van der Waals surface area contributed by atoms with Crippen LogP contribution in [0.1, 0.15) is 0 Å². The van der Waals surface area contributed by atoms with E-state index in [9.17, 15) is 0 Å². The van der Waals surface area contributed by atoms with Crippen LogP contribution in [0.5, 0.6) is 0 Å². The highest BCUT2D eigenvalue weighted by Crippen LogP contribution is 2.53. The van der Waals surface area contributed by atoms with Crippen molar-refractivity contribution >= 4 is 258 Å². The quantitative estimate of drug-likeness (QED) is 0.149. The van der Waals surface area contributed by atoms with Gasteiger partial charge in [-0.2, -0.15) is 0 Å². The van der Waals surface area contributed by atoms with E-state index in [4.69, 9.17) is 44.3 Å². The van der Waals surface area contributed by atoms with Crippen LogP contribution in [0.15, 0.2) is 393 Å².